The third-order valence-corrected chi connectivity index (χ3v) is 6.44. The summed E-state index contributed by atoms with van der Waals surface area (Å²) >= 11 is 0. The van der Waals surface area contributed by atoms with Gasteiger partial charge >= 0.3 is 23.9 Å². The monoisotopic (exact) mass is 532 g/mol. The van der Waals surface area contributed by atoms with E-state index in [4.69, 9.17) is 33.2 Å². The molecule has 10 unspecified atom stereocenters. The molecule has 0 bridgehead atoms. The van der Waals surface area contributed by atoms with E-state index in [1.807, 2.05) is 0 Å². The first kappa shape index (κ1) is 28.8. The van der Waals surface area contributed by atoms with E-state index in [-0.39, 0.29) is 6.42 Å². The van der Waals surface area contributed by atoms with Crippen LogP contribution in [0, 0.1) is 5.92 Å². The molecule has 0 amide bonds. The van der Waals surface area contributed by atoms with Gasteiger partial charge in [-0.2, -0.15) is 0 Å². The maximum absolute atomic E-state index is 11.9. The fourth-order valence-corrected chi connectivity index (χ4v) is 5.18. The van der Waals surface area contributed by atoms with Crippen LogP contribution in [0.1, 0.15) is 41.0 Å². The topological polar surface area (TPSA) is 194 Å². The molecule has 0 radical (unpaired) electrons. The van der Waals surface area contributed by atoms with E-state index in [1.165, 1.54) is 13.0 Å². The van der Waals surface area contributed by atoms with Crippen molar-refractivity contribution in [1.29, 1.82) is 0 Å². The Morgan fingerprint density at radius 1 is 0.946 bits per heavy atom. The van der Waals surface area contributed by atoms with Crippen LogP contribution in [0.2, 0.25) is 0 Å². The van der Waals surface area contributed by atoms with Gasteiger partial charge in [-0.05, 0) is 13.0 Å². The Balaban J connectivity index is 2.00. The summed E-state index contributed by atoms with van der Waals surface area (Å²) in [6, 6.07) is 0. The lowest BCUT2D eigenvalue weighted by Crippen LogP contribution is -2.63. The summed E-state index contributed by atoms with van der Waals surface area (Å²) < 4.78 is 38.5. The van der Waals surface area contributed by atoms with Crippen LogP contribution in [0.4, 0.5) is 0 Å². The second kappa shape index (κ2) is 10.9. The molecule has 2 aliphatic heterocycles. The van der Waals surface area contributed by atoms with Crippen molar-refractivity contribution in [1.82, 2.24) is 0 Å². The highest BCUT2D eigenvalue weighted by molar-refractivity contribution is 5.68. The van der Waals surface area contributed by atoms with E-state index in [0.29, 0.717) is 0 Å². The Hall–Kier alpha value is -2.78. The van der Waals surface area contributed by atoms with E-state index >= 15 is 0 Å². The number of carbonyl (C=O) groups is 4. The van der Waals surface area contributed by atoms with Crippen molar-refractivity contribution in [3.05, 3.63) is 12.3 Å². The van der Waals surface area contributed by atoms with Crippen molar-refractivity contribution in [2.75, 3.05) is 6.61 Å². The molecule has 0 aromatic rings. The molecule has 0 aromatic heterocycles. The van der Waals surface area contributed by atoms with E-state index < -0.39 is 90.7 Å². The molecular formula is C23H32O14. The number of hydrogen-bond donors (Lipinski definition) is 3. The van der Waals surface area contributed by atoms with Crippen LogP contribution < -0.4 is 0 Å². The Morgan fingerprint density at radius 3 is 2.08 bits per heavy atom. The maximum Gasteiger partial charge on any atom is 0.303 e. The Morgan fingerprint density at radius 2 is 1.54 bits per heavy atom. The Bertz CT molecular complexity index is 934. The Kier molecular flexibility index (Phi) is 8.49. The van der Waals surface area contributed by atoms with Gasteiger partial charge in [-0.1, -0.05) is 0 Å². The number of carbonyl (C=O) groups excluding carboxylic acids is 4. The van der Waals surface area contributed by atoms with E-state index in [0.717, 1.165) is 34.0 Å². The minimum absolute atomic E-state index is 0.117. The summed E-state index contributed by atoms with van der Waals surface area (Å²) in [6.45, 7) is 5.25. The van der Waals surface area contributed by atoms with Crippen molar-refractivity contribution in [2.24, 2.45) is 5.92 Å². The van der Waals surface area contributed by atoms with Crippen molar-refractivity contribution in [3.63, 3.8) is 0 Å². The molecule has 1 saturated heterocycles. The quantitative estimate of drug-likeness (QED) is 0.262. The molecule has 2 heterocycles. The zero-order chi connectivity index (χ0) is 27.7. The lowest BCUT2D eigenvalue weighted by atomic mass is 9.81. The largest absolute Gasteiger partial charge is 0.472 e. The molecule has 2 fully saturated rings. The minimum Gasteiger partial charge on any atom is -0.472 e. The summed E-state index contributed by atoms with van der Waals surface area (Å²) in [7, 11) is 0. The molecule has 1 aliphatic carbocycles. The number of aliphatic hydroxyl groups excluding tert-OH is 2. The second-order valence-electron chi connectivity index (χ2n) is 9.38. The smallest absolute Gasteiger partial charge is 0.303 e. The van der Waals surface area contributed by atoms with E-state index in [9.17, 15) is 34.5 Å². The third-order valence-electron chi connectivity index (χ3n) is 6.44. The molecule has 0 spiro atoms. The first-order chi connectivity index (χ1) is 17.2. The second-order valence-corrected chi connectivity index (χ2v) is 9.38. The molecule has 0 aromatic carbocycles. The maximum atomic E-state index is 11.9. The normalized spacial score (nSPS) is 40.6. The van der Waals surface area contributed by atoms with Crippen molar-refractivity contribution < 1.29 is 67.7 Å². The highest BCUT2D eigenvalue weighted by Gasteiger charge is 2.68. The number of rotatable bonds is 7. The fraction of sp³-hybridized carbons (Fsp3) is 0.739. The zero-order valence-electron chi connectivity index (χ0n) is 21.0. The summed E-state index contributed by atoms with van der Waals surface area (Å²) in [4.78, 5) is 47.2. The molecular weight excluding hydrogens is 500 g/mol. The number of aliphatic hydroxyl groups is 3. The van der Waals surface area contributed by atoms with Gasteiger partial charge in [0.1, 0.15) is 29.5 Å². The van der Waals surface area contributed by atoms with Gasteiger partial charge in [-0.15, -0.1) is 0 Å². The van der Waals surface area contributed by atoms with E-state index in [1.54, 1.807) is 0 Å². The van der Waals surface area contributed by atoms with Crippen LogP contribution in [0.15, 0.2) is 12.3 Å². The molecule has 208 valence electrons. The average molecular weight is 532 g/mol. The van der Waals surface area contributed by atoms with Crippen LogP contribution in [0.5, 0.6) is 0 Å². The summed E-state index contributed by atoms with van der Waals surface area (Å²) in [5.41, 5.74) is -3.40. The van der Waals surface area contributed by atoms with Gasteiger partial charge in [0, 0.05) is 34.1 Å². The number of ether oxygens (including phenoxy) is 7. The summed E-state index contributed by atoms with van der Waals surface area (Å²) in [6.07, 6.45) is -7.91. The highest BCUT2D eigenvalue weighted by atomic mass is 16.8. The van der Waals surface area contributed by atoms with Crippen molar-refractivity contribution in [3.8, 4) is 0 Å². The van der Waals surface area contributed by atoms with Gasteiger partial charge in [0.25, 0.3) is 0 Å². The van der Waals surface area contributed by atoms with Crippen LogP contribution >= 0.6 is 0 Å². The number of esters is 4. The van der Waals surface area contributed by atoms with Crippen LogP contribution in [-0.2, 0) is 52.3 Å². The van der Waals surface area contributed by atoms with Crippen molar-refractivity contribution in [2.45, 2.75) is 95.3 Å². The molecule has 10 atom stereocenters. The van der Waals surface area contributed by atoms with Gasteiger partial charge in [0.2, 0.25) is 12.6 Å². The predicted octanol–water partition coefficient (Wildman–Crippen LogP) is -1.18. The van der Waals surface area contributed by atoms with Gasteiger partial charge < -0.3 is 48.5 Å². The average Bonchev–Trinajstić information content (AvgIpc) is 2.97. The molecule has 14 heteroatoms. The van der Waals surface area contributed by atoms with Gasteiger partial charge in [0.05, 0.1) is 18.8 Å². The molecule has 1 saturated carbocycles. The van der Waals surface area contributed by atoms with Gasteiger partial charge in [-0.25, -0.2) is 0 Å². The predicted molar refractivity (Wildman–Crippen MR) is 117 cm³/mol. The number of fused-ring (bicyclic) bond motifs is 1. The molecule has 37 heavy (non-hydrogen) atoms. The van der Waals surface area contributed by atoms with Gasteiger partial charge in [-0.3, -0.25) is 19.2 Å². The standard InChI is InChI=1S/C23H32O14/c1-10(25)32-15-8-22(5,37-13(4)28)19-21(31-7-6-23(15,19)30)36-20-18(34-12(3)27)17(33-11(2)26)16(29)14(9-24)35-20/h6-7,14-21,24,29-30H,8-9H2,1-5H3. The summed E-state index contributed by atoms with van der Waals surface area (Å²) in [5.74, 6) is -4.21. The first-order valence-electron chi connectivity index (χ1n) is 11.6. The molecule has 3 rings (SSSR count). The van der Waals surface area contributed by atoms with Crippen LogP contribution in [-0.4, -0.2) is 100 Å². The molecule has 14 nitrogen and oxygen atoms in total. The lowest BCUT2D eigenvalue weighted by Gasteiger charge is -2.47. The van der Waals surface area contributed by atoms with Gasteiger partial charge in [0.15, 0.2) is 12.2 Å². The van der Waals surface area contributed by atoms with Crippen LogP contribution in [0.25, 0.3) is 0 Å². The highest BCUT2D eigenvalue weighted by Crippen LogP contribution is 2.52. The Labute approximate surface area is 212 Å². The molecule has 3 N–H and O–H groups in total. The first-order valence-corrected chi connectivity index (χ1v) is 11.6. The van der Waals surface area contributed by atoms with Crippen LogP contribution in [0.3, 0.4) is 0 Å². The lowest BCUT2D eigenvalue weighted by molar-refractivity contribution is -0.352. The minimum atomic E-state index is -1.92. The van der Waals surface area contributed by atoms with Crippen molar-refractivity contribution >= 4 is 23.9 Å². The third kappa shape index (κ3) is 5.88. The fourth-order valence-electron chi connectivity index (χ4n) is 5.18. The van der Waals surface area contributed by atoms with E-state index in [2.05, 4.69) is 0 Å². The zero-order valence-corrected chi connectivity index (χ0v) is 21.0. The number of hydrogen-bond acceptors (Lipinski definition) is 14. The molecule has 3 aliphatic rings. The summed E-state index contributed by atoms with van der Waals surface area (Å²) in [5, 5.41) is 31.9. The SMILES string of the molecule is CC(=O)OC1C(OC2OC=CC3(O)C(OC(C)=O)CC(C)(OC(C)=O)C23)OC(CO)C(O)C1OC(C)=O.